The van der Waals surface area contributed by atoms with E-state index < -0.39 is 70.8 Å². The Labute approximate surface area is 293 Å². The number of fused-ring (bicyclic) bond motifs is 1. The molecule has 1 aliphatic carbocycles. The summed E-state index contributed by atoms with van der Waals surface area (Å²) < 4.78 is 47.3. The number of nitrogens with zero attached hydrogens (tertiary/aromatic N) is 3. The molecular formula is C33H50N4O11SSi. The summed E-state index contributed by atoms with van der Waals surface area (Å²) in [5.74, 6) is -1.12. The van der Waals surface area contributed by atoms with Gasteiger partial charge < -0.3 is 24.1 Å². The molecule has 1 atom stereocenters. The number of hydrogen-bond acceptors (Lipinski definition) is 11. The predicted molar refractivity (Wildman–Crippen MR) is 187 cm³/mol. The van der Waals surface area contributed by atoms with Gasteiger partial charge in [-0.2, -0.15) is 4.31 Å². The second-order valence-corrected chi connectivity index (χ2v) is 22.7. The molecule has 4 rings (SSSR count). The molecule has 15 nitrogen and oxygen atoms in total. The van der Waals surface area contributed by atoms with Crippen molar-refractivity contribution in [2.45, 2.75) is 109 Å². The lowest BCUT2D eigenvalue weighted by Gasteiger charge is -2.48. The van der Waals surface area contributed by atoms with Gasteiger partial charge in [0.1, 0.15) is 12.2 Å². The van der Waals surface area contributed by atoms with Crippen LogP contribution in [0.4, 0.5) is 4.79 Å². The monoisotopic (exact) mass is 738 g/mol. The van der Waals surface area contributed by atoms with Crippen molar-refractivity contribution < 1.29 is 41.8 Å². The van der Waals surface area contributed by atoms with E-state index >= 15 is 0 Å². The zero-order chi connectivity index (χ0) is 37.4. The van der Waals surface area contributed by atoms with E-state index in [1.165, 1.54) is 33.3 Å². The van der Waals surface area contributed by atoms with Crippen molar-refractivity contribution in [1.82, 2.24) is 14.2 Å². The molecule has 1 saturated heterocycles. The number of ether oxygens (including phenoxy) is 2. The van der Waals surface area contributed by atoms with Gasteiger partial charge in [0.15, 0.2) is 15.0 Å². The first kappa shape index (κ1) is 39.2. The van der Waals surface area contributed by atoms with Crippen LogP contribution in [0.3, 0.4) is 0 Å². The lowest BCUT2D eigenvalue weighted by Crippen LogP contribution is -2.52. The number of carbonyl (C=O) groups excluding carboxylic acids is 2. The first-order valence-corrected chi connectivity index (χ1v) is 21.0. The minimum absolute atomic E-state index is 0.0330. The summed E-state index contributed by atoms with van der Waals surface area (Å²) in [6.07, 6.45) is 1.77. The van der Waals surface area contributed by atoms with Gasteiger partial charge in [0.05, 0.1) is 10.8 Å². The van der Waals surface area contributed by atoms with Crippen molar-refractivity contribution in [3.05, 3.63) is 50.4 Å². The van der Waals surface area contributed by atoms with Crippen LogP contribution in [0.1, 0.15) is 66.4 Å². The Morgan fingerprint density at radius 2 is 1.78 bits per heavy atom. The van der Waals surface area contributed by atoms with Gasteiger partial charge in [-0.1, -0.05) is 26.8 Å². The standard InChI is InChI=1S/C33H50N4O11SSi/c1-22-17-35(21-45-29(39)23-15-33(16-23,19-46-37(41)42)20-47-50(8,9)32(5,6)7)28(38)25-11-10-12-26(27(22)25)49(43,44)36-14-13-24(18-36)34-30(40)48-31(2,3)4/h10-12,17,23-24H,13-16,18-21H2,1-9H3,(H,34,40)/t23?,24-,33?/m0/s1. The number of aryl methyl sites for hydroxylation is 1. The molecule has 278 valence electrons. The Balaban J connectivity index is 1.45. The minimum atomic E-state index is -4.05. The summed E-state index contributed by atoms with van der Waals surface area (Å²) in [5, 5.41) is 13.2. The van der Waals surface area contributed by atoms with Crippen LogP contribution in [0.5, 0.6) is 0 Å². The SMILES string of the molecule is Cc1cn(COC(=O)C2CC(CO[N+](=O)[O-])(CO[Si](C)(C)C(C)(C)C)C2)c(=O)c2cccc(S(=O)(=O)N3CC[C@H](NC(=O)OC(C)(C)C)C3)c12. The fourth-order valence-electron chi connectivity index (χ4n) is 6.04. The predicted octanol–water partition coefficient (Wildman–Crippen LogP) is 4.72. The van der Waals surface area contributed by atoms with Crippen molar-refractivity contribution in [3.8, 4) is 0 Å². The molecule has 1 aliphatic heterocycles. The van der Waals surface area contributed by atoms with E-state index in [-0.39, 0.29) is 59.9 Å². The maximum absolute atomic E-state index is 13.8. The van der Waals surface area contributed by atoms with Gasteiger partial charge >= 0.3 is 12.1 Å². The van der Waals surface area contributed by atoms with Gasteiger partial charge in [-0.3, -0.25) is 14.2 Å². The van der Waals surface area contributed by atoms with Crippen LogP contribution in [0.15, 0.2) is 34.1 Å². The Kier molecular flexibility index (Phi) is 11.2. The number of esters is 1. The Morgan fingerprint density at radius 3 is 2.38 bits per heavy atom. The van der Waals surface area contributed by atoms with E-state index in [4.69, 9.17) is 18.7 Å². The lowest BCUT2D eigenvalue weighted by atomic mass is 9.63. The third kappa shape index (κ3) is 8.84. The maximum Gasteiger partial charge on any atom is 0.407 e. The van der Waals surface area contributed by atoms with E-state index in [0.717, 1.165) is 0 Å². The molecule has 50 heavy (non-hydrogen) atoms. The van der Waals surface area contributed by atoms with Crippen molar-refractivity contribution in [2.24, 2.45) is 11.3 Å². The Bertz CT molecular complexity index is 1790. The summed E-state index contributed by atoms with van der Waals surface area (Å²) in [6.45, 7) is 17.2. The van der Waals surface area contributed by atoms with Crippen molar-refractivity contribution >= 4 is 41.2 Å². The van der Waals surface area contributed by atoms with Crippen molar-refractivity contribution in [1.29, 1.82) is 0 Å². The number of rotatable bonds is 12. The highest BCUT2D eigenvalue weighted by Gasteiger charge is 2.51. The van der Waals surface area contributed by atoms with Crippen molar-refractivity contribution in [3.63, 3.8) is 0 Å². The van der Waals surface area contributed by atoms with Crippen LogP contribution in [0, 0.1) is 28.4 Å². The van der Waals surface area contributed by atoms with Gasteiger partial charge in [-0.15, -0.1) is 10.1 Å². The maximum atomic E-state index is 13.8. The molecule has 1 saturated carbocycles. The van der Waals surface area contributed by atoms with E-state index in [1.807, 2.05) is 0 Å². The summed E-state index contributed by atoms with van der Waals surface area (Å²) in [7, 11) is -6.23. The topological polar surface area (TPSA) is 186 Å². The normalized spacial score (nSPS) is 21.8. The van der Waals surface area contributed by atoms with Crippen LogP contribution in [0.25, 0.3) is 10.8 Å². The molecule has 1 amide bonds. The van der Waals surface area contributed by atoms with E-state index in [0.29, 0.717) is 12.0 Å². The fraction of sp³-hybridized carbons (Fsp3) is 0.667. The molecule has 2 fully saturated rings. The first-order chi connectivity index (χ1) is 22.9. The zero-order valence-corrected chi connectivity index (χ0v) is 32.2. The third-order valence-corrected chi connectivity index (χ3v) is 16.2. The minimum Gasteiger partial charge on any atom is -0.444 e. The molecule has 2 aliphatic rings. The average Bonchev–Trinajstić information content (AvgIpc) is 3.44. The summed E-state index contributed by atoms with van der Waals surface area (Å²) in [6, 6.07) is 4.03. The van der Waals surface area contributed by atoms with E-state index in [1.54, 1.807) is 27.7 Å². The number of pyridine rings is 1. The summed E-state index contributed by atoms with van der Waals surface area (Å²) >= 11 is 0. The highest BCUT2D eigenvalue weighted by atomic mass is 32.2. The second-order valence-electron chi connectivity index (χ2n) is 16.0. The summed E-state index contributed by atoms with van der Waals surface area (Å²) in [5.41, 5.74) is -1.46. The Hall–Kier alpha value is -3.54. The first-order valence-electron chi connectivity index (χ1n) is 16.7. The molecule has 0 radical (unpaired) electrons. The number of hydrogen-bond donors (Lipinski definition) is 1. The van der Waals surface area contributed by atoms with Gasteiger partial charge in [-0.05, 0) is 82.8 Å². The number of aromatic nitrogens is 1. The molecular weight excluding hydrogens is 689 g/mol. The van der Waals surface area contributed by atoms with Crippen LogP contribution < -0.4 is 10.9 Å². The van der Waals surface area contributed by atoms with Crippen LogP contribution >= 0.6 is 0 Å². The molecule has 2 heterocycles. The number of carbonyl (C=O) groups is 2. The highest BCUT2D eigenvalue weighted by molar-refractivity contribution is 7.89. The fourth-order valence-corrected chi connectivity index (χ4v) is 8.92. The zero-order valence-electron chi connectivity index (χ0n) is 30.4. The largest absolute Gasteiger partial charge is 0.444 e. The van der Waals surface area contributed by atoms with Gasteiger partial charge in [0, 0.05) is 48.1 Å². The van der Waals surface area contributed by atoms with E-state index in [2.05, 4.69) is 39.2 Å². The van der Waals surface area contributed by atoms with Crippen LogP contribution in [-0.2, 0) is 40.3 Å². The molecule has 0 bridgehead atoms. The van der Waals surface area contributed by atoms with Crippen LogP contribution in [0.2, 0.25) is 18.1 Å². The van der Waals surface area contributed by atoms with Gasteiger partial charge in [0.25, 0.3) is 10.6 Å². The number of nitrogens with one attached hydrogen (secondary N) is 1. The number of amides is 1. The molecule has 1 N–H and O–H groups in total. The van der Waals surface area contributed by atoms with Crippen molar-refractivity contribution in [2.75, 3.05) is 26.3 Å². The van der Waals surface area contributed by atoms with E-state index in [9.17, 15) is 32.9 Å². The number of alkyl carbamates (subject to hydrolysis) is 1. The quantitative estimate of drug-likeness (QED) is 0.137. The average molecular weight is 739 g/mol. The molecule has 17 heteroatoms. The highest BCUT2D eigenvalue weighted by Crippen LogP contribution is 2.48. The second kappa shape index (κ2) is 14.2. The lowest BCUT2D eigenvalue weighted by molar-refractivity contribution is -0.761. The molecule has 1 aromatic heterocycles. The smallest absolute Gasteiger partial charge is 0.407 e. The molecule has 0 spiro atoms. The van der Waals surface area contributed by atoms with Gasteiger partial charge in [-0.25, -0.2) is 13.2 Å². The molecule has 0 unspecified atom stereocenters. The van der Waals surface area contributed by atoms with Gasteiger partial charge in [0.2, 0.25) is 10.0 Å². The summed E-state index contributed by atoms with van der Waals surface area (Å²) in [4.78, 5) is 54.5. The third-order valence-electron chi connectivity index (χ3n) is 9.81. The number of benzene rings is 1. The molecule has 1 aromatic carbocycles. The Morgan fingerprint density at radius 1 is 1.12 bits per heavy atom. The number of sulfonamides is 1. The van der Waals surface area contributed by atoms with Crippen LogP contribution in [-0.4, -0.2) is 80.7 Å². The molecule has 2 aromatic rings.